The van der Waals surface area contributed by atoms with Gasteiger partial charge in [0.2, 0.25) is 5.91 Å². The zero-order valence-corrected chi connectivity index (χ0v) is 12.4. The van der Waals surface area contributed by atoms with Gasteiger partial charge in [-0.25, -0.2) is 4.39 Å². The molecule has 0 spiro atoms. The molecule has 21 heavy (non-hydrogen) atoms. The van der Waals surface area contributed by atoms with Crippen molar-refractivity contribution in [3.63, 3.8) is 0 Å². The van der Waals surface area contributed by atoms with Gasteiger partial charge in [-0.05, 0) is 31.2 Å². The first-order valence-electron chi connectivity index (χ1n) is 7.34. The van der Waals surface area contributed by atoms with Crippen LogP contribution < -0.4 is 16.0 Å². The fraction of sp³-hybridized carbons (Fsp3) is 0.533. The topological polar surface area (TPSA) is 61.6 Å². The second kappa shape index (κ2) is 7.38. The monoisotopic (exact) mass is 294 g/mol. The van der Waals surface area contributed by atoms with E-state index < -0.39 is 0 Å². The van der Waals surface area contributed by atoms with Crippen molar-refractivity contribution in [3.05, 3.63) is 30.1 Å². The molecule has 0 aliphatic carbocycles. The average molecular weight is 294 g/mol. The molecule has 1 atom stereocenters. The number of rotatable bonds is 5. The fourth-order valence-electron chi connectivity index (χ4n) is 2.53. The third-order valence-electron chi connectivity index (χ3n) is 3.88. The van der Waals surface area contributed by atoms with Gasteiger partial charge in [-0.3, -0.25) is 9.69 Å². The summed E-state index contributed by atoms with van der Waals surface area (Å²) in [4.78, 5) is 16.3. The van der Waals surface area contributed by atoms with Crippen LogP contribution in [0.4, 0.5) is 10.1 Å². The Morgan fingerprint density at radius 1 is 1.29 bits per heavy atom. The van der Waals surface area contributed by atoms with Crippen LogP contribution in [0.15, 0.2) is 24.3 Å². The molecular formula is C15H23FN4O. The van der Waals surface area contributed by atoms with E-state index in [1.165, 1.54) is 12.1 Å². The maximum absolute atomic E-state index is 12.9. The van der Waals surface area contributed by atoms with E-state index in [9.17, 15) is 9.18 Å². The molecule has 1 aliphatic rings. The van der Waals surface area contributed by atoms with Gasteiger partial charge >= 0.3 is 0 Å². The van der Waals surface area contributed by atoms with E-state index in [4.69, 9.17) is 5.73 Å². The molecule has 1 fully saturated rings. The molecule has 1 aliphatic heterocycles. The predicted molar refractivity (Wildman–Crippen MR) is 81.7 cm³/mol. The molecule has 116 valence electrons. The van der Waals surface area contributed by atoms with Gasteiger partial charge in [0.05, 0.1) is 6.04 Å². The Morgan fingerprint density at radius 3 is 2.48 bits per heavy atom. The van der Waals surface area contributed by atoms with Crippen molar-refractivity contribution in [1.82, 2.24) is 10.2 Å². The van der Waals surface area contributed by atoms with Crippen LogP contribution in [0.5, 0.6) is 0 Å². The first-order chi connectivity index (χ1) is 10.1. The Balaban J connectivity index is 1.85. The van der Waals surface area contributed by atoms with Crippen LogP contribution in [0, 0.1) is 5.82 Å². The smallest absolute Gasteiger partial charge is 0.237 e. The Hall–Kier alpha value is -1.66. The molecule has 2 rings (SSSR count). The molecular weight excluding hydrogens is 271 g/mol. The van der Waals surface area contributed by atoms with Crippen LogP contribution in [-0.2, 0) is 4.79 Å². The van der Waals surface area contributed by atoms with Crippen LogP contribution in [0.2, 0.25) is 0 Å². The van der Waals surface area contributed by atoms with Crippen molar-refractivity contribution in [1.29, 1.82) is 0 Å². The van der Waals surface area contributed by atoms with Crippen LogP contribution >= 0.6 is 0 Å². The zero-order valence-electron chi connectivity index (χ0n) is 12.4. The maximum Gasteiger partial charge on any atom is 0.237 e. The van der Waals surface area contributed by atoms with Crippen molar-refractivity contribution < 1.29 is 9.18 Å². The Morgan fingerprint density at radius 2 is 1.90 bits per heavy atom. The molecule has 1 amide bonds. The SMILES string of the molecule is CC(C(=O)NCCN)N1CCN(c2ccc(F)cc2)CC1. The summed E-state index contributed by atoms with van der Waals surface area (Å²) in [6.45, 7) is 6.18. The van der Waals surface area contributed by atoms with Crippen molar-refractivity contribution >= 4 is 11.6 Å². The lowest BCUT2D eigenvalue weighted by atomic mass is 10.2. The summed E-state index contributed by atoms with van der Waals surface area (Å²) in [6.07, 6.45) is 0. The number of carbonyl (C=O) groups is 1. The molecule has 6 heteroatoms. The summed E-state index contributed by atoms with van der Waals surface area (Å²) in [7, 11) is 0. The van der Waals surface area contributed by atoms with Gasteiger partial charge in [0.1, 0.15) is 5.82 Å². The predicted octanol–water partition coefficient (Wildman–Crippen LogP) is 0.411. The van der Waals surface area contributed by atoms with E-state index in [0.717, 1.165) is 31.9 Å². The normalized spacial score (nSPS) is 17.6. The van der Waals surface area contributed by atoms with E-state index in [2.05, 4.69) is 15.1 Å². The van der Waals surface area contributed by atoms with Crippen LogP contribution in [0.3, 0.4) is 0 Å². The number of anilines is 1. The Bertz CT molecular complexity index is 457. The summed E-state index contributed by atoms with van der Waals surface area (Å²) >= 11 is 0. The van der Waals surface area contributed by atoms with Crippen molar-refractivity contribution in [2.45, 2.75) is 13.0 Å². The van der Waals surface area contributed by atoms with Crippen LogP contribution in [0.25, 0.3) is 0 Å². The minimum Gasteiger partial charge on any atom is -0.369 e. The molecule has 3 N–H and O–H groups in total. The minimum atomic E-state index is -0.220. The number of nitrogens with one attached hydrogen (secondary N) is 1. The van der Waals surface area contributed by atoms with E-state index in [1.807, 2.05) is 6.92 Å². The summed E-state index contributed by atoms with van der Waals surface area (Å²) < 4.78 is 12.9. The number of nitrogens with zero attached hydrogens (tertiary/aromatic N) is 2. The number of hydrogen-bond acceptors (Lipinski definition) is 4. The summed E-state index contributed by atoms with van der Waals surface area (Å²) in [5.41, 5.74) is 6.41. The highest BCUT2D eigenvalue weighted by molar-refractivity contribution is 5.81. The molecule has 1 heterocycles. The van der Waals surface area contributed by atoms with Gasteiger partial charge in [0.25, 0.3) is 0 Å². The van der Waals surface area contributed by atoms with Gasteiger partial charge in [0, 0.05) is 45.0 Å². The highest BCUT2D eigenvalue weighted by Gasteiger charge is 2.25. The van der Waals surface area contributed by atoms with Gasteiger partial charge < -0.3 is 16.0 Å². The van der Waals surface area contributed by atoms with Gasteiger partial charge in [0.15, 0.2) is 0 Å². The molecule has 0 aromatic heterocycles. The number of hydrogen-bond donors (Lipinski definition) is 2. The fourth-order valence-corrected chi connectivity index (χ4v) is 2.53. The number of amides is 1. The number of nitrogens with two attached hydrogens (primary N) is 1. The minimum absolute atomic E-state index is 0.0238. The number of piperazine rings is 1. The Labute approximate surface area is 124 Å². The summed E-state index contributed by atoms with van der Waals surface area (Å²) in [5.74, 6) is -0.196. The number of halogens is 1. The van der Waals surface area contributed by atoms with E-state index >= 15 is 0 Å². The molecule has 1 unspecified atom stereocenters. The molecule has 5 nitrogen and oxygen atoms in total. The summed E-state index contributed by atoms with van der Waals surface area (Å²) in [5, 5.41) is 2.82. The lowest BCUT2D eigenvalue weighted by Crippen LogP contribution is -2.54. The zero-order chi connectivity index (χ0) is 15.2. The third kappa shape index (κ3) is 4.15. The third-order valence-corrected chi connectivity index (χ3v) is 3.88. The van der Waals surface area contributed by atoms with Gasteiger partial charge in [-0.2, -0.15) is 0 Å². The molecule has 1 saturated heterocycles. The summed E-state index contributed by atoms with van der Waals surface area (Å²) in [6, 6.07) is 6.40. The molecule has 0 bridgehead atoms. The van der Waals surface area contributed by atoms with E-state index in [-0.39, 0.29) is 17.8 Å². The van der Waals surface area contributed by atoms with Crippen molar-refractivity contribution in [2.24, 2.45) is 5.73 Å². The highest BCUT2D eigenvalue weighted by Crippen LogP contribution is 2.17. The molecule has 0 radical (unpaired) electrons. The number of carbonyl (C=O) groups excluding carboxylic acids is 1. The number of benzene rings is 1. The standard InChI is InChI=1S/C15H23FN4O/c1-12(15(21)18-7-6-17)19-8-10-20(11-9-19)14-4-2-13(16)3-5-14/h2-5,12H,6-11,17H2,1H3,(H,18,21). The lowest BCUT2D eigenvalue weighted by Gasteiger charge is -2.38. The second-order valence-corrected chi connectivity index (χ2v) is 5.26. The maximum atomic E-state index is 12.9. The van der Waals surface area contributed by atoms with Gasteiger partial charge in [-0.15, -0.1) is 0 Å². The van der Waals surface area contributed by atoms with Crippen LogP contribution in [0.1, 0.15) is 6.92 Å². The first-order valence-corrected chi connectivity index (χ1v) is 7.34. The molecule has 1 aromatic rings. The average Bonchev–Trinajstić information content (AvgIpc) is 2.53. The lowest BCUT2D eigenvalue weighted by molar-refractivity contribution is -0.125. The van der Waals surface area contributed by atoms with Crippen molar-refractivity contribution in [3.8, 4) is 0 Å². The second-order valence-electron chi connectivity index (χ2n) is 5.26. The molecule has 1 aromatic carbocycles. The van der Waals surface area contributed by atoms with E-state index in [0.29, 0.717) is 13.1 Å². The largest absolute Gasteiger partial charge is 0.369 e. The van der Waals surface area contributed by atoms with E-state index in [1.54, 1.807) is 12.1 Å². The van der Waals surface area contributed by atoms with Crippen molar-refractivity contribution in [2.75, 3.05) is 44.2 Å². The Kier molecular flexibility index (Phi) is 5.52. The highest BCUT2D eigenvalue weighted by atomic mass is 19.1. The molecule has 0 saturated carbocycles. The van der Waals surface area contributed by atoms with Gasteiger partial charge in [-0.1, -0.05) is 0 Å². The van der Waals surface area contributed by atoms with Crippen LogP contribution in [-0.4, -0.2) is 56.1 Å². The quantitative estimate of drug-likeness (QED) is 0.826. The first kappa shape index (κ1) is 15.7.